The maximum Gasteiger partial charge on any atom is 0.279 e. The van der Waals surface area contributed by atoms with E-state index in [1.165, 1.54) is 4.52 Å². The number of nitrogens with zero attached hydrogens (tertiary/aromatic N) is 4. The zero-order valence-corrected chi connectivity index (χ0v) is 20.7. The van der Waals surface area contributed by atoms with E-state index < -0.39 is 0 Å². The van der Waals surface area contributed by atoms with Crippen molar-refractivity contribution in [1.82, 2.24) is 19.2 Å². The first-order valence-electron chi connectivity index (χ1n) is 12.1. The van der Waals surface area contributed by atoms with Crippen molar-refractivity contribution in [2.24, 2.45) is 0 Å². The van der Waals surface area contributed by atoms with E-state index in [0.29, 0.717) is 35.1 Å². The molecule has 0 fully saturated rings. The molecule has 2 aromatic heterocycles. The van der Waals surface area contributed by atoms with Crippen LogP contribution in [0.5, 0.6) is 5.75 Å². The summed E-state index contributed by atoms with van der Waals surface area (Å²) in [4.78, 5) is 31.0. The Hall–Kier alpha value is -4.72. The quantitative estimate of drug-likeness (QED) is 0.344. The van der Waals surface area contributed by atoms with Crippen molar-refractivity contribution in [3.63, 3.8) is 0 Å². The zero-order valence-electron chi connectivity index (χ0n) is 20.7. The van der Waals surface area contributed by atoms with E-state index in [-0.39, 0.29) is 24.3 Å². The molecular formula is C29H27N5O3. The topological polar surface area (TPSA) is 90.5 Å². The minimum atomic E-state index is -0.263. The summed E-state index contributed by atoms with van der Waals surface area (Å²) in [6.45, 7) is 2.42. The number of rotatable bonds is 8. The number of carbonyl (C=O) groups is 1. The van der Waals surface area contributed by atoms with Gasteiger partial charge in [-0.05, 0) is 31.0 Å². The third-order valence-corrected chi connectivity index (χ3v) is 6.29. The van der Waals surface area contributed by atoms with Crippen LogP contribution in [-0.4, -0.2) is 32.2 Å². The Labute approximate surface area is 214 Å². The molecule has 0 aliphatic heterocycles. The monoisotopic (exact) mass is 493 g/mol. The molecule has 0 saturated heterocycles. The van der Waals surface area contributed by atoms with Crippen LogP contribution in [0.4, 0.5) is 5.69 Å². The largest absolute Gasteiger partial charge is 0.497 e. The first-order valence-corrected chi connectivity index (χ1v) is 12.1. The molecule has 8 nitrogen and oxygen atoms in total. The summed E-state index contributed by atoms with van der Waals surface area (Å²) in [5.74, 6) is 1.41. The Kier molecular flexibility index (Phi) is 6.81. The van der Waals surface area contributed by atoms with Gasteiger partial charge in [0.15, 0.2) is 5.82 Å². The van der Waals surface area contributed by atoms with Gasteiger partial charge in [-0.1, -0.05) is 66.7 Å². The van der Waals surface area contributed by atoms with Crippen LogP contribution in [0.25, 0.3) is 17.2 Å². The lowest BCUT2D eigenvalue weighted by molar-refractivity contribution is -0.116. The van der Waals surface area contributed by atoms with Gasteiger partial charge >= 0.3 is 0 Å². The van der Waals surface area contributed by atoms with Gasteiger partial charge in [0, 0.05) is 35.0 Å². The number of hydrogen-bond acceptors (Lipinski definition) is 5. The first-order chi connectivity index (χ1) is 18.0. The number of ether oxygens (including phenoxy) is 1. The molecule has 5 aromatic rings. The van der Waals surface area contributed by atoms with E-state index in [2.05, 4.69) is 10.4 Å². The molecular weight excluding hydrogens is 466 g/mol. The predicted molar refractivity (Wildman–Crippen MR) is 143 cm³/mol. The molecule has 0 aliphatic rings. The van der Waals surface area contributed by atoms with Crippen molar-refractivity contribution in [2.75, 3.05) is 12.4 Å². The molecule has 2 heterocycles. The summed E-state index contributed by atoms with van der Waals surface area (Å²) in [6, 6.07) is 26.7. The van der Waals surface area contributed by atoms with Crippen molar-refractivity contribution in [3.05, 3.63) is 112 Å². The van der Waals surface area contributed by atoms with E-state index in [9.17, 15) is 9.59 Å². The molecule has 1 N–H and O–H groups in total. The van der Waals surface area contributed by atoms with Gasteiger partial charge in [0.25, 0.3) is 5.56 Å². The van der Waals surface area contributed by atoms with Crippen LogP contribution < -0.4 is 15.6 Å². The van der Waals surface area contributed by atoms with Crippen molar-refractivity contribution in [2.45, 2.75) is 26.3 Å². The first kappa shape index (κ1) is 24.0. The van der Waals surface area contributed by atoms with Crippen molar-refractivity contribution >= 4 is 17.4 Å². The highest BCUT2D eigenvalue weighted by atomic mass is 16.5. The lowest BCUT2D eigenvalue weighted by Gasteiger charge is -2.15. The van der Waals surface area contributed by atoms with Gasteiger partial charge in [-0.15, -0.1) is 5.10 Å². The molecule has 5 rings (SSSR count). The number of carbonyl (C=O) groups excluding carboxylic acids is 1. The van der Waals surface area contributed by atoms with Gasteiger partial charge in [0.05, 0.1) is 13.7 Å². The Morgan fingerprint density at radius 3 is 2.43 bits per heavy atom. The summed E-state index contributed by atoms with van der Waals surface area (Å²) < 4.78 is 8.57. The van der Waals surface area contributed by atoms with E-state index >= 15 is 0 Å². The van der Waals surface area contributed by atoms with Gasteiger partial charge in [0.2, 0.25) is 11.7 Å². The van der Waals surface area contributed by atoms with Crippen LogP contribution >= 0.6 is 0 Å². The Morgan fingerprint density at radius 2 is 1.70 bits per heavy atom. The normalized spacial score (nSPS) is 11.0. The SMILES string of the molecule is COc1cccc(NC(=O)CCc2c(C)n(Cc3ccccc3)c3nc(-c4ccccc4)nn3c2=O)c1. The lowest BCUT2D eigenvalue weighted by Crippen LogP contribution is -2.27. The smallest absolute Gasteiger partial charge is 0.279 e. The molecule has 0 radical (unpaired) electrons. The maximum absolute atomic E-state index is 13.6. The highest BCUT2D eigenvalue weighted by Gasteiger charge is 2.19. The van der Waals surface area contributed by atoms with Crippen LogP contribution in [0, 0.1) is 6.92 Å². The molecule has 0 unspecified atom stereocenters. The number of aromatic nitrogens is 4. The summed E-state index contributed by atoms with van der Waals surface area (Å²) in [5, 5.41) is 7.44. The second-order valence-corrected chi connectivity index (χ2v) is 8.73. The molecule has 3 aromatic carbocycles. The average molecular weight is 494 g/mol. The molecule has 0 bridgehead atoms. The second kappa shape index (κ2) is 10.5. The molecule has 0 atom stereocenters. The summed E-state index contributed by atoms with van der Waals surface area (Å²) in [6.07, 6.45) is 0.413. The number of amides is 1. The average Bonchev–Trinajstić information content (AvgIpc) is 3.38. The molecule has 186 valence electrons. The number of anilines is 1. The molecule has 0 aliphatic carbocycles. The third-order valence-electron chi connectivity index (χ3n) is 6.29. The summed E-state index contributed by atoms with van der Waals surface area (Å²) in [7, 11) is 1.58. The van der Waals surface area contributed by atoms with Crippen molar-refractivity contribution in [1.29, 1.82) is 0 Å². The van der Waals surface area contributed by atoms with Gasteiger partial charge in [-0.3, -0.25) is 9.59 Å². The molecule has 0 spiro atoms. The Morgan fingerprint density at radius 1 is 0.973 bits per heavy atom. The second-order valence-electron chi connectivity index (χ2n) is 8.73. The molecule has 1 amide bonds. The van der Waals surface area contributed by atoms with Crippen molar-refractivity contribution in [3.8, 4) is 17.1 Å². The zero-order chi connectivity index (χ0) is 25.8. The van der Waals surface area contributed by atoms with Crippen LogP contribution in [0.1, 0.15) is 23.2 Å². The van der Waals surface area contributed by atoms with E-state index in [4.69, 9.17) is 9.72 Å². The van der Waals surface area contributed by atoms with Crippen LogP contribution in [0.2, 0.25) is 0 Å². The third kappa shape index (κ3) is 5.13. The fraction of sp³-hybridized carbons (Fsp3) is 0.172. The number of methoxy groups -OCH3 is 1. The fourth-order valence-electron chi connectivity index (χ4n) is 4.33. The fourth-order valence-corrected chi connectivity index (χ4v) is 4.33. The standard InChI is InChI=1S/C29H27N5O3/c1-20-25(16-17-26(35)30-23-14-9-15-24(18-23)37-2)28(36)34-29(33(20)19-21-10-5-3-6-11-21)31-27(32-34)22-12-7-4-8-13-22/h3-15,18H,16-17,19H2,1-2H3,(H,30,35). The van der Waals surface area contributed by atoms with Crippen LogP contribution in [-0.2, 0) is 17.8 Å². The van der Waals surface area contributed by atoms with Crippen LogP contribution in [0.15, 0.2) is 89.7 Å². The molecule has 0 saturated carbocycles. The van der Waals surface area contributed by atoms with Crippen molar-refractivity contribution < 1.29 is 9.53 Å². The van der Waals surface area contributed by atoms with Gasteiger partial charge in [-0.25, -0.2) is 0 Å². The number of nitrogens with one attached hydrogen (secondary N) is 1. The molecule has 8 heteroatoms. The van der Waals surface area contributed by atoms with Gasteiger partial charge in [-0.2, -0.15) is 9.50 Å². The Bertz CT molecular complexity index is 1610. The predicted octanol–water partition coefficient (Wildman–Crippen LogP) is 4.49. The van der Waals surface area contributed by atoms with E-state index in [1.807, 2.05) is 84.3 Å². The number of hydrogen-bond donors (Lipinski definition) is 1. The maximum atomic E-state index is 13.6. The minimum absolute atomic E-state index is 0.143. The lowest BCUT2D eigenvalue weighted by atomic mass is 10.1. The van der Waals surface area contributed by atoms with Gasteiger partial charge < -0.3 is 14.6 Å². The highest BCUT2D eigenvalue weighted by molar-refractivity contribution is 5.91. The van der Waals surface area contributed by atoms with E-state index in [0.717, 1.165) is 16.8 Å². The number of fused-ring (bicyclic) bond motifs is 1. The number of benzene rings is 3. The van der Waals surface area contributed by atoms with Crippen LogP contribution in [0.3, 0.4) is 0 Å². The minimum Gasteiger partial charge on any atom is -0.497 e. The Balaban J connectivity index is 1.50. The van der Waals surface area contributed by atoms with Gasteiger partial charge in [0.1, 0.15) is 5.75 Å². The summed E-state index contributed by atoms with van der Waals surface area (Å²) in [5.41, 5.74) is 3.58. The highest BCUT2D eigenvalue weighted by Crippen LogP contribution is 2.20. The van der Waals surface area contributed by atoms with E-state index in [1.54, 1.807) is 19.2 Å². The summed E-state index contributed by atoms with van der Waals surface area (Å²) >= 11 is 0. The molecule has 37 heavy (non-hydrogen) atoms.